The number of hydrogen-bond acceptors (Lipinski definition) is 1. The van der Waals surface area contributed by atoms with Gasteiger partial charge in [-0.2, -0.15) is 0 Å². The molecule has 0 spiro atoms. The molecule has 0 radical (unpaired) electrons. The molecule has 1 heteroatoms. The van der Waals surface area contributed by atoms with Gasteiger partial charge in [-0.1, -0.05) is 202 Å². The zero-order chi connectivity index (χ0) is 40.1. The summed E-state index contributed by atoms with van der Waals surface area (Å²) >= 11 is 0. The zero-order valence-electron chi connectivity index (χ0n) is 34.2. The molecule has 0 saturated carbocycles. The van der Waals surface area contributed by atoms with Gasteiger partial charge in [0.05, 0.1) is 16.9 Å². The summed E-state index contributed by atoms with van der Waals surface area (Å²) in [6.07, 6.45) is 16.4. The predicted molar refractivity (Wildman–Crippen MR) is 249 cm³/mol. The van der Waals surface area contributed by atoms with Gasteiger partial charge in [0.15, 0.2) is 0 Å². The summed E-state index contributed by atoms with van der Waals surface area (Å²) in [7, 11) is 0. The van der Waals surface area contributed by atoms with Gasteiger partial charge in [-0.15, -0.1) is 0 Å². The van der Waals surface area contributed by atoms with Crippen LogP contribution in [0.4, 0.5) is 11.4 Å². The molecule has 0 N–H and O–H groups in total. The fourth-order valence-electron chi connectivity index (χ4n) is 12.3. The van der Waals surface area contributed by atoms with Gasteiger partial charge in [-0.25, -0.2) is 0 Å². The molecule has 7 aromatic carbocycles. The van der Waals surface area contributed by atoms with Gasteiger partial charge in [-0.05, 0) is 115 Å². The second kappa shape index (κ2) is 13.2. The molecular formula is C59H47N. The Kier molecular flexibility index (Phi) is 7.73. The van der Waals surface area contributed by atoms with Crippen molar-refractivity contribution < 1.29 is 0 Å². The van der Waals surface area contributed by atoms with E-state index in [9.17, 15) is 0 Å². The summed E-state index contributed by atoms with van der Waals surface area (Å²) in [5.41, 5.74) is 19.4. The Morgan fingerprint density at radius 1 is 0.500 bits per heavy atom. The number of fused-ring (bicyclic) bond motifs is 8. The first kappa shape index (κ1) is 35.3. The fourth-order valence-corrected chi connectivity index (χ4v) is 12.3. The van der Waals surface area contributed by atoms with E-state index < -0.39 is 10.8 Å². The van der Waals surface area contributed by atoms with Crippen LogP contribution in [-0.4, -0.2) is 6.04 Å². The zero-order valence-corrected chi connectivity index (χ0v) is 34.2. The maximum absolute atomic E-state index is 2.61. The van der Waals surface area contributed by atoms with Crippen molar-refractivity contribution >= 4 is 16.9 Å². The van der Waals surface area contributed by atoms with Gasteiger partial charge in [-0.3, -0.25) is 0 Å². The lowest BCUT2D eigenvalue weighted by atomic mass is 9.49. The fraction of sp³-hybridized carbons (Fsp3) is 0.153. The topological polar surface area (TPSA) is 3.24 Å². The lowest BCUT2D eigenvalue weighted by molar-refractivity contribution is 0.423. The van der Waals surface area contributed by atoms with Gasteiger partial charge in [0, 0.05) is 16.8 Å². The number of anilines is 2. The Morgan fingerprint density at radius 3 is 1.90 bits per heavy atom. The molecule has 4 atom stereocenters. The second-order valence-electron chi connectivity index (χ2n) is 17.8. The molecule has 0 aliphatic heterocycles. The van der Waals surface area contributed by atoms with Crippen molar-refractivity contribution in [2.24, 2.45) is 5.92 Å². The highest BCUT2D eigenvalue weighted by atomic mass is 15.2. The maximum Gasteiger partial charge on any atom is 0.0719 e. The van der Waals surface area contributed by atoms with Crippen LogP contribution in [0.15, 0.2) is 218 Å². The third-order valence-electron chi connectivity index (χ3n) is 14.7. The van der Waals surface area contributed by atoms with E-state index in [-0.39, 0.29) is 17.4 Å². The minimum Gasteiger partial charge on any atom is -0.334 e. The quantitative estimate of drug-likeness (QED) is 0.163. The van der Waals surface area contributed by atoms with Gasteiger partial charge in [0.2, 0.25) is 0 Å². The van der Waals surface area contributed by atoms with Crippen LogP contribution in [0, 0.1) is 5.92 Å². The van der Waals surface area contributed by atoms with Crippen molar-refractivity contribution in [2.75, 3.05) is 4.90 Å². The Hall–Kier alpha value is -6.70. The van der Waals surface area contributed by atoms with Crippen LogP contribution in [-0.2, 0) is 16.2 Å². The van der Waals surface area contributed by atoms with Crippen LogP contribution < -0.4 is 4.90 Å². The Balaban J connectivity index is 1.12. The molecule has 5 aliphatic rings. The molecule has 12 rings (SSSR count). The molecule has 0 fully saturated rings. The van der Waals surface area contributed by atoms with E-state index in [1.807, 2.05) is 0 Å². The highest BCUT2D eigenvalue weighted by molar-refractivity contribution is 5.92. The van der Waals surface area contributed by atoms with Crippen LogP contribution in [0.25, 0.3) is 16.7 Å². The van der Waals surface area contributed by atoms with Crippen LogP contribution in [0.2, 0.25) is 0 Å². The Labute approximate surface area is 354 Å². The first-order valence-electron chi connectivity index (χ1n) is 21.7. The molecule has 5 aliphatic carbocycles. The maximum atomic E-state index is 2.61. The number of para-hydroxylation sites is 1. The van der Waals surface area contributed by atoms with Crippen LogP contribution in [0.3, 0.4) is 0 Å². The third-order valence-corrected chi connectivity index (χ3v) is 14.7. The average molecular weight is 770 g/mol. The summed E-state index contributed by atoms with van der Waals surface area (Å²) in [6, 6.07) is 67.0. The Bertz CT molecular complexity index is 2980. The normalized spacial score (nSPS) is 23.4. The van der Waals surface area contributed by atoms with E-state index in [1.165, 1.54) is 83.7 Å². The van der Waals surface area contributed by atoms with E-state index >= 15 is 0 Å². The number of rotatable bonds is 6. The SMILES string of the molecule is CC1(C)C2=CC(N(c3ccccc3)c3cccc(C4(C5C=CC=CC5)c5ccccc5C5(c6ccccc6)c6ccccc6-c6cccc4c65)c3)CC=C2c2ccccc21. The molecule has 0 bridgehead atoms. The molecule has 4 unspecified atom stereocenters. The summed E-state index contributed by atoms with van der Waals surface area (Å²) in [5.74, 6) is 0.188. The van der Waals surface area contributed by atoms with Crippen molar-refractivity contribution in [3.05, 3.63) is 268 Å². The largest absolute Gasteiger partial charge is 0.334 e. The van der Waals surface area contributed by atoms with Gasteiger partial charge in [0.25, 0.3) is 0 Å². The van der Waals surface area contributed by atoms with Crippen molar-refractivity contribution in [2.45, 2.75) is 49.0 Å². The summed E-state index contributed by atoms with van der Waals surface area (Å²) < 4.78 is 0. The second-order valence-corrected chi connectivity index (χ2v) is 17.8. The molecule has 0 saturated heterocycles. The number of hydrogen-bond donors (Lipinski definition) is 0. The summed E-state index contributed by atoms with van der Waals surface area (Å²) in [6.45, 7) is 4.80. The lowest BCUT2D eigenvalue weighted by Crippen LogP contribution is -2.47. The van der Waals surface area contributed by atoms with Gasteiger partial charge >= 0.3 is 0 Å². The first-order valence-corrected chi connectivity index (χ1v) is 21.7. The highest BCUT2D eigenvalue weighted by Gasteiger charge is 2.58. The van der Waals surface area contributed by atoms with Crippen molar-refractivity contribution in [1.82, 2.24) is 0 Å². The molecule has 0 aromatic heterocycles. The minimum absolute atomic E-state index is 0.0709. The molecule has 0 heterocycles. The molecule has 60 heavy (non-hydrogen) atoms. The van der Waals surface area contributed by atoms with E-state index in [0.29, 0.717) is 0 Å². The molecule has 7 aromatic rings. The predicted octanol–water partition coefficient (Wildman–Crippen LogP) is 14.0. The van der Waals surface area contributed by atoms with Crippen molar-refractivity contribution in [1.29, 1.82) is 0 Å². The number of allylic oxidation sites excluding steroid dienone is 6. The van der Waals surface area contributed by atoms with Crippen molar-refractivity contribution in [3.8, 4) is 11.1 Å². The standard InChI is InChI=1S/C59H47N/c1-57(2)50-31-14-12-28-46(50)48-37-36-45(39-55(48)57)60(43-25-10-5-11-26-43)44-27-18-24-42(38-44)58(40-20-6-3-7-21-40)52-33-16-17-34-53(52)59(41-22-8-4-9-23-41)51-32-15-13-29-47(51)49-30-19-35-54(58)56(49)59/h3-20,22-35,37-40,45H,21,36H2,1-2H3. The molecule has 0 amide bonds. The average Bonchev–Trinajstić information content (AvgIpc) is 3.74. The van der Waals surface area contributed by atoms with Crippen molar-refractivity contribution in [3.63, 3.8) is 0 Å². The third kappa shape index (κ3) is 4.64. The number of nitrogens with zero attached hydrogens (tertiary/aromatic N) is 1. The summed E-state index contributed by atoms with van der Waals surface area (Å²) in [5, 5.41) is 0. The van der Waals surface area contributed by atoms with E-state index in [0.717, 1.165) is 12.8 Å². The van der Waals surface area contributed by atoms with Gasteiger partial charge in [0.1, 0.15) is 0 Å². The molecule has 288 valence electrons. The van der Waals surface area contributed by atoms with E-state index in [2.05, 4.69) is 231 Å². The lowest BCUT2D eigenvalue weighted by Gasteiger charge is -2.52. The first-order chi connectivity index (χ1) is 29.5. The molecule has 1 nitrogen and oxygen atoms in total. The van der Waals surface area contributed by atoms with Crippen LogP contribution in [0.1, 0.15) is 76.8 Å². The van der Waals surface area contributed by atoms with Crippen LogP contribution >= 0.6 is 0 Å². The number of benzene rings is 7. The highest BCUT2D eigenvalue weighted by Crippen LogP contribution is 2.66. The van der Waals surface area contributed by atoms with E-state index in [4.69, 9.17) is 0 Å². The minimum atomic E-state index is -0.477. The van der Waals surface area contributed by atoms with Gasteiger partial charge < -0.3 is 4.90 Å². The van der Waals surface area contributed by atoms with E-state index in [1.54, 1.807) is 0 Å². The Morgan fingerprint density at radius 2 is 1.12 bits per heavy atom. The monoisotopic (exact) mass is 769 g/mol. The van der Waals surface area contributed by atoms with Crippen LogP contribution in [0.5, 0.6) is 0 Å². The summed E-state index contributed by atoms with van der Waals surface area (Å²) in [4.78, 5) is 2.61. The smallest absolute Gasteiger partial charge is 0.0719 e. The molecular weight excluding hydrogens is 723 g/mol.